The van der Waals surface area contributed by atoms with E-state index in [1.54, 1.807) is 37.4 Å². The molecule has 1 aliphatic rings. The van der Waals surface area contributed by atoms with Crippen LogP contribution in [0, 0.1) is 6.92 Å². The first-order valence-corrected chi connectivity index (χ1v) is 13.2. The normalized spacial score (nSPS) is 16.4. The molecular weight excluding hydrogens is 508 g/mol. The van der Waals surface area contributed by atoms with Gasteiger partial charge in [-0.2, -0.15) is 0 Å². The highest BCUT2D eigenvalue weighted by Gasteiger charge is 2.46. The lowest BCUT2D eigenvalue weighted by Gasteiger charge is -2.26. The standard InChI is InChI=1S/C32H36N2O6/c1-21-18-24(40-20-22-10-7-6-8-11-22)13-14-25(21)30(35)28-29(23-12-15-26(38-4)27(19-23)39-5)34(32(37)31(28)36)17-9-16-33(2)3/h6-8,10-15,18-19,29,35H,9,16-17,20H2,1-5H3/b30-28+/t29-/m1/s1. The molecular formula is C32H36N2O6. The van der Waals surface area contributed by atoms with Gasteiger partial charge in [-0.15, -0.1) is 0 Å². The van der Waals surface area contributed by atoms with Gasteiger partial charge in [0, 0.05) is 12.1 Å². The first-order chi connectivity index (χ1) is 19.2. The van der Waals surface area contributed by atoms with Crippen molar-refractivity contribution in [2.24, 2.45) is 0 Å². The first-order valence-electron chi connectivity index (χ1n) is 13.2. The molecule has 0 spiro atoms. The molecule has 1 N–H and O–H groups in total. The lowest BCUT2D eigenvalue weighted by molar-refractivity contribution is -0.139. The minimum atomic E-state index is -0.782. The summed E-state index contributed by atoms with van der Waals surface area (Å²) in [5, 5.41) is 11.6. The third-order valence-corrected chi connectivity index (χ3v) is 6.97. The van der Waals surface area contributed by atoms with Crippen LogP contribution in [0.4, 0.5) is 0 Å². The maximum atomic E-state index is 13.4. The molecule has 3 aromatic carbocycles. The average molecular weight is 545 g/mol. The Kier molecular flexibility index (Phi) is 9.11. The Bertz CT molecular complexity index is 1400. The van der Waals surface area contributed by atoms with Gasteiger partial charge in [-0.1, -0.05) is 36.4 Å². The van der Waals surface area contributed by atoms with Crippen LogP contribution >= 0.6 is 0 Å². The molecule has 8 heteroatoms. The molecule has 0 bridgehead atoms. The van der Waals surface area contributed by atoms with Gasteiger partial charge >= 0.3 is 0 Å². The summed E-state index contributed by atoms with van der Waals surface area (Å²) in [5.74, 6) is 0.0538. The molecule has 0 aromatic heterocycles. The number of ketones is 1. The number of aliphatic hydroxyl groups excluding tert-OH is 1. The van der Waals surface area contributed by atoms with Crippen molar-refractivity contribution in [3.8, 4) is 17.2 Å². The Morgan fingerprint density at radius 3 is 2.33 bits per heavy atom. The highest BCUT2D eigenvalue weighted by molar-refractivity contribution is 6.46. The number of Topliss-reactive ketones (excluding diaryl/α,β-unsaturated/α-hetero) is 1. The number of nitrogens with zero attached hydrogens (tertiary/aromatic N) is 2. The van der Waals surface area contributed by atoms with Gasteiger partial charge in [0.25, 0.3) is 11.7 Å². The summed E-state index contributed by atoms with van der Waals surface area (Å²) >= 11 is 0. The van der Waals surface area contributed by atoms with E-state index in [1.165, 1.54) is 12.0 Å². The molecule has 1 aliphatic heterocycles. The molecule has 1 fully saturated rings. The molecule has 1 atom stereocenters. The van der Waals surface area contributed by atoms with Crippen LogP contribution in [0.25, 0.3) is 5.76 Å². The van der Waals surface area contributed by atoms with Crippen molar-refractivity contribution in [1.29, 1.82) is 0 Å². The Labute approximate surface area is 235 Å². The SMILES string of the molecule is COc1ccc([C@@H]2/C(=C(\O)c3ccc(OCc4ccccc4)cc3C)C(=O)C(=O)N2CCCN(C)C)cc1OC. The van der Waals surface area contributed by atoms with Gasteiger partial charge in [0.1, 0.15) is 18.1 Å². The summed E-state index contributed by atoms with van der Waals surface area (Å²) in [4.78, 5) is 30.3. The fourth-order valence-corrected chi connectivity index (χ4v) is 4.91. The number of aryl methyl sites for hydroxylation is 1. The lowest BCUT2D eigenvalue weighted by Crippen LogP contribution is -2.32. The van der Waals surface area contributed by atoms with Crippen LogP contribution in [0.2, 0.25) is 0 Å². The molecule has 40 heavy (non-hydrogen) atoms. The van der Waals surface area contributed by atoms with E-state index in [2.05, 4.69) is 0 Å². The number of carbonyl (C=O) groups excluding carboxylic acids is 2. The van der Waals surface area contributed by atoms with Gasteiger partial charge in [0.15, 0.2) is 11.5 Å². The summed E-state index contributed by atoms with van der Waals surface area (Å²) in [6.45, 7) is 3.33. The van der Waals surface area contributed by atoms with Crippen LogP contribution < -0.4 is 14.2 Å². The number of hydrogen-bond acceptors (Lipinski definition) is 7. The zero-order valence-corrected chi connectivity index (χ0v) is 23.6. The van der Waals surface area contributed by atoms with Crippen molar-refractivity contribution in [1.82, 2.24) is 9.80 Å². The number of rotatable bonds is 11. The summed E-state index contributed by atoms with van der Waals surface area (Å²) in [7, 11) is 6.98. The van der Waals surface area contributed by atoms with Gasteiger partial charge in [0.2, 0.25) is 0 Å². The van der Waals surface area contributed by atoms with Crippen molar-refractivity contribution >= 4 is 17.4 Å². The number of benzene rings is 3. The fourth-order valence-electron chi connectivity index (χ4n) is 4.91. The number of likely N-dealkylation sites (tertiary alicyclic amines) is 1. The van der Waals surface area contributed by atoms with E-state index in [0.29, 0.717) is 53.5 Å². The monoisotopic (exact) mass is 544 g/mol. The Hall–Kier alpha value is -4.30. The van der Waals surface area contributed by atoms with E-state index < -0.39 is 17.7 Å². The maximum Gasteiger partial charge on any atom is 0.295 e. The van der Waals surface area contributed by atoms with Crippen molar-refractivity contribution in [3.63, 3.8) is 0 Å². The van der Waals surface area contributed by atoms with E-state index in [4.69, 9.17) is 14.2 Å². The second kappa shape index (κ2) is 12.7. The Morgan fingerprint density at radius 1 is 0.950 bits per heavy atom. The van der Waals surface area contributed by atoms with Crippen LogP contribution in [-0.4, -0.2) is 68.0 Å². The highest BCUT2D eigenvalue weighted by atomic mass is 16.5. The largest absolute Gasteiger partial charge is 0.507 e. The van der Waals surface area contributed by atoms with E-state index in [9.17, 15) is 14.7 Å². The molecule has 8 nitrogen and oxygen atoms in total. The minimum absolute atomic E-state index is 0.0446. The van der Waals surface area contributed by atoms with Crippen LogP contribution in [0.15, 0.2) is 72.3 Å². The van der Waals surface area contributed by atoms with Gasteiger partial charge in [-0.25, -0.2) is 0 Å². The third-order valence-electron chi connectivity index (χ3n) is 6.97. The lowest BCUT2D eigenvalue weighted by atomic mass is 9.93. The molecule has 1 heterocycles. The maximum absolute atomic E-state index is 13.4. The molecule has 4 rings (SSSR count). The Morgan fingerprint density at radius 2 is 1.68 bits per heavy atom. The number of aliphatic hydroxyl groups is 1. The summed E-state index contributed by atoms with van der Waals surface area (Å²) in [6.07, 6.45) is 0.663. The molecule has 0 saturated carbocycles. The van der Waals surface area contributed by atoms with E-state index in [-0.39, 0.29) is 11.3 Å². The number of ether oxygens (including phenoxy) is 3. The van der Waals surface area contributed by atoms with Crippen molar-refractivity contribution < 1.29 is 28.9 Å². The van der Waals surface area contributed by atoms with Gasteiger partial charge in [-0.3, -0.25) is 9.59 Å². The Balaban J connectivity index is 1.73. The highest BCUT2D eigenvalue weighted by Crippen LogP contribution is 2.42. The first kappa shape index (κ1) is 28.7. The second-order valence-corrected chi connectivity index (χ2v) is 10.0. The zero-order valence-electron chi connectivity index (χ0n) is 23.6. The molecule has 1 amide bonds. The topological polar surface area (TPSA) is 88.5 Å². The van der Waals surface area contributed by atoms with E-state index in [1.807, 2.05) is 62.3 Å². The zero-order chi connectivity index (χ0) is 28.8. The predicted octanol–water partition coefficient (Wildman–Crippen LogP) is 4.96. The summed E-state index contributed by atoms with van der Waals surface area (Å²) < 4.78 is 16.8. The average Bonchev–Trinajstić information content (AvgIpc) is 3.21. The second-order valence-electron chi connectivity index (χ2n) is 10.0. The van der Waals surface area contributed by atoms with Crippen molar-refractivity contribution in [2.45, 2.75) is 26.0 Å². The van der Waals surface area contributed by atoms with E-state index in [0.717, 1.165) is 12.1 Å². The van der Waals surface area contributed by atoms with Crippen LogP contribution in [-0.2, 0) is 16.2 Å². The minimum Gasteiger partial charge on any atom is -0.507 e. The van der Waals surface area contributed by atoms with Gasteiger partial charge in [0.05, 0.1) is 25.8 Å². The predicted molar refractivity (Wildman–Crippen MR) is 154 cm³/mol. The number of hydrogen-bond donors (Lipinski definition) is 1. The molecule has 1 saturated heterocycles. The van der Waals surface area contributed by atoms with Crippen molar-refractivity contribution in [3.05, 3.63) is 94.6 Å². The van der Waals surface area contributed by atoms with E-state index >= 15 is 0 Å². The molecule has 0 unspecified atom stereocenters. The number of amides is 1. The fraction of sp³-hybridized carbons (Fsp3) is 0.312. The summed E-state index contributed by atoms with van der Waals surface area (Å²) in [5.41, 5.74) is 2.90. The van der Waals surface area contributed by atoms with Crippen LogP contribution in [0.3, 0.4) is 0 Å². The van der Waals surface area contributed by atoms with Crippen LogP contribution in [0.1, 0.15) is 34.7 Å². The molecule has 210 valence electrons. The quantitative estimate of drug-likeness (QED) is 0.207. The molecule has 3 aromatic rings. The third kappa shape index (κ3) is 6.13. The van der Waals surface area contributed by atoms with Gasteiger partial charge < -0.3 is 29.1 Å². The number of carbonyl (C=O) groups is 2. The molecule has 0 aliphatic carbocycles. The van der Waals surface area contributed by atoms with Gasteiger partial charge in [-0.05, 0) is 81.0 Å². The van der Waals surface area contributed by atoms with Crippen LogP contribution in [0.5, 0.6) is 17.2 Å². The summed E-state index contributed by atoms with van der Waals surface area (Å²) in [6, 6.07) is 19.6. The van der Waals surface area contributed by atoms with Crippen molar-refractivity contribution in [2.75, 3.05) is 41.4 Å². The molecule has 0 radical (unpaired) electrons. The smallest absolute Gasteiger partial charge is 0.295 e. The number of methoxy groups -OCH3 is 2.